The molecular formula is C16H21N3O. The van der Waals surface area contributed by atoms with Gasteiger partial charge in [-0.3, -0.25) is 9.78 Å². The Bertz CT molecular complexity index is 595. The maximum absolute atomic E-state index is 11.6. The van der Waals surface area contributed by atoms with Crippen molar-refractivity contribution < 1.29 is 4.79 Å². The zero-order valence-corrected chi connectivity index (χ0v) is 11.9. The number of nitrogens with one attached hydrogen (secondary N) is 1. The van der Waals surface area contributed by atoms with Crippen LogP contribution in [0.5, 0.6) is 0 Å². The molecular weight excluding hydrogens is 250 g/mol. The van der Waals surface area contributed by atoms with E-state index in [2.05, 4.69) is 35.4 Å². The molecule has 2 aromatic rings. The first-order valence-electron chi connectivity index (χ1n) is 7.02. The minimum absolute atomic E-state index is 0.0595. The Hall–Kier alpha value is -1.94. The highest BCUT2D eigenvalue weighted by atomic mass is 16.1. The van der Waals surface area contributed by atoms with Gasteiger partial charge in [-0.1, -0.05) is 17.7 Å². The highest BCUT2D eigenvalue weighted by molar-refractivity contribution is 5.79. The predicted molar refractivity (Wildman–Crippen MR) is 81.5 cm³/mol. The standard InChI is InChI=1S/C16H21N3O/c1-12-3-7-15-13(11-12)4-5-14(19-15)6-8-16(20)18-10-2-9-17/h3-5,7,11H,2,6,8-10,17H2,1H3,(H,18,20). The predicted octanol–water partition coefficient (Wildman–Crippen LogP) is 1.94. The molecule has 0 radical (unpaired) electrons. The Labute approximate surface area is 119 Å². The van der Waals surface area contributed by atoms with Crippen molar-refractivity contribution in [2.75, 3.05) is 13.1 Å². The van der Waals surface area contributed by atoms with Crippen molar-refractivity contribution in [3.8, 4) is 0 Å². The van der Waals surface area contributed by atoms with E-state index in [4.69, 9.17) is 5.73 Å². The molecule has 106 valence electrons. The number of fused-ring (bicyclic) bond motifs is 1. The van der Waals surface area contributed by atoms with Gasteiger partial charge in [-0.05, 0) is 44.5 Å². The third-order valence-electron chi connectivity index (χ3n) is 3.21. The Balaban J connectivity index is 1.93. The molecule has 20 heavy (non-hydrogen) atoms. The van der Waals surface area contributed by atoms with E-state index in [1.165, 1.54) is 5.56 Å². The van der Waals surface area contributed by atoms with E-state index in [1.807, 2.05) is 12.1 Å². The molecule has 1 heterocycles. The lowest BCUT2D eigenvalue weighted by Crippen LogP contribution is -2.26. The van der Waals surface area contributed by atoms with Crippen molar-refractivity contribution in [2.24, 2.45) is 5.73 Å². The van der Waals surface area contributed by atoms with Crippen molar-refractivity contribution in [3.05, 3.63) is 41.6 Å². The van der Waals surface area contributed by atoms with Crippen molar-refractivity contribution in [3.63, 3.8) is 0 Å². The molecule has 1 amide bonds. The summed E-state index contributed by atoms with van der Waals surface area (Å²) < 4.78 is 0. The molecule has 0 aliphatic carbocycles. The molecule has 2 rings (SSSR count). The summed E-state index contributed by atoms with van der Waals surface area (Å²) in [4.78, 5) is 16.2. The Morgan fingerprint density at radius 2 is 2.15 bits per heavy atom. The number of carbonyl (C=O) groups excluding carboxylic acids is 1. The number of carbonyl (C=O) groups is 1. The molecule has 0 aliphatic heterocycles. The van der Waals surface area contributed by atoms with Gasteiger partial charge in [-0.15, -0.1) is 0 Å². The smallest absolute Gasteiger partial charge is 0.220 e. The molecule has 0 saturated carbocycles. The van der Waals surface area contributed by atoms with Gasteiger partial charge in [0.1, 0.15) is 0 Å². The van der Waals surface area contributed by atoms with Crippen molar-refractivity contribution in [1.82, 2.24) is 10.3 Å². The molecule has 1 aromatic heterocycles. The maximum atomic E-state index is 11.6. The number of aromatic nitrogens is 1. The van der Waals surface area contributed by atoms with Crippen LogP contribution in [0.25, 0.3) is 10.9 Å². The van der Waals surface area contributed by atoms with Crippen LogP contribution in [-0.2, 0) is 11.2 Å². The normalized spacial score (nSPS) is 10.7. The largest absolute Gasteiger partial charge is 0.356 e. The second kappa shape index (κ2) is 7.01. The molecule has 0 fully saturated rings. The average Bonchev–Trinajstić information content (AvgIpc) is 2.45. The summed E-state index contributed by atoms with van der Waals surface area (Å²) in [5.41, 5.74) is 8.55. The molecule has 4 heteroatoms. The zero-order chi connectivity index (χ0) is 14.4. The number of nitrogens with two attached hydrogens (primary N) is 1. The summed E-state index contributed by atoms with van der Waals surface area (Å²) in [6.07, 6.45) is 1.95. The first-order chi connectivity index (χ1) is 9.69. The zero-order valence-electron chi connectivity index (χ0n) is 11.9. The molecule has 0 saturated heterocycles. The summed E-state index contributed by atoms with van der Waals surface area (Å²) in [6.45, 7) is 3.32. The van der Waals surface area contributed by atoms with Crippen LogP contribution in [0, 0.1) is 6.92 Å². The van der Waals surface area contributed by atoms with Gasteiger partial charge in [0.2, 0.25) is 5.91 Å². The molecule has 0 bridgehead atoms. The van der Waals surface area contributed by atoms with Gasteiger partial charge in [-0.2, -0.15) is 0 Å². The summed E-state index contributed by atoms with van der Waals surface area (Å²) in [7, 11) is 0. The van der Waals surface area contributed by atoms with Gasteiger partial charge in [-0.25, -0.2) is 0 Å². The van der Waals surface area contributed by atoms with Crippen LogP contribution in [-0.4, -0.2) is 24.0 Å². The van der Waals surface area contributed by atoms with Crippen LogP contribution < -0.4 is 11.1 Å². The molecule has 3 N–H and O–H groups in total. The first kappa shape index (κ1) is 14.5. The number of aryl methyl sites for hydroxylation is 2. The van der Waals surface area contributed by atoms with E-state index < -0.39 is 0 Å². The third-order valence-corrected chi connectivity index (χ3v) is 3.21. The van der Waals surface area contributed by atoms with Gasteiger partial charge in [0.05, 0.1) is 5.52 Å². The van der Waals surface area contributed by atoms with Crippen LogP contribution in [0.4, 0.5) is 0 Å². The lowest BCUT2D eigenvalue weighted by atomic mass is 10.1. The highest BCUT2D eigenvalue weighted by Gasteiger charge is 2.03. The van der Waals surface area contributed by atoms with E-state index in [0.717, 1.165) is 23.0 Å². The molecule has 0 unspecified atom stereocenters. The van der Waals surface area contributed by atoms with E-state index in [1.54, 1.807) is 0 Å². The fourth-order valence-corrected chi connectivity index (χ4v) is 2.09. The fourth-order valence-electron chi connectivity index (χ4n) is 2.09. The quantitative estimate of drug-likeness (QED) is 0.789. The first-order valence-corrected chi connectivity index (χ1v) is 7.02. The Morgan fingerprint density at radius 1 is 1.30 bits per heavy atom. The monoisotopic (exact) mass is 271 g/mol. The second-order valence-corrected chi connectivity index (χ2v) is 4.99. The average molecular weight is 271 g/mol. The summed E-state index contributed by atoms with van der Waals surface area (Å²) in [5, 5.41) is 3.99. The Kier molecular flexibility index (Phi) is 5.07. The highest BCUT2D eigenvalue weighted by Crippen LogP contribution is 2.15. The maximum Gasteiger partial charge on any atom is 0.220 e. The van der Waals surface area contributed by atoms with E-state index in [-0.39, 0.29) is 5.91 Å². The summed E-state index contributed by atoms with van der Waals surface area (Å²) in [6, 6.07) is 10.3. The third kappa shape index (κ3) is 4.03. The van der Waals surface area contributed by atoms with Crippen LogP contribution >= 0.6 is 0 Å². The van der Waals surface area contributed by atoms with Crippen molar-refractivity contribution in [1.29, 1.82) is 0 Å². The van der Waals surface area contributed by atoms with Gasteiger partial charge >= 0.3 is 0 Å². The summed E-state index contributed by atoms with van der Waals surface area (Å²) >= 11 is 0. The number of rotatable bonds is 6. The second-order valence-electron chi connectivity index (χ2n) is 4.99. The number of hydrogen-bond acceptors (Lipinski definition) is 3. The van der Waals surface area contributed by atoms with Crippen LogP contribution in [0.15, 0.2) is 30.3 Å². The molecule has 0 atom stereocenters. The number of nitrogens with zero attached hydrogens (tertiary/aromatic N) is 1. The van der Waals surface area contributed by atoms with E-state index in [9.17, 15) is 4.79 Å². The minimum Gasteiger partial charge on any atom is -0.356 e. The summed E-state index contributed by atoms with van der Waals surface area (Å²) in [5.74, 6) is 0.0595. The van der Waals surface area contributed by atoms with E-state index in [0.29, 0.717) is 25.9 Å². The van der Waals surface area contributed by atoms with Gasteiger partial charge in [0, 0.05) is 24.0 Å². The Morgan fingerprint density at radius 3 is 2.95 bits per heavy atom. The van der Waals surface area contributed by atoms with Crippen LogP contribution in [0.3, 0.4) is 0 Å². The van der Waals surface area contributed by atoms with Gasteiger partial charge in [0.15, 0.2) is 0 Å². The van der Waals surface area contributed by atoms with Crippen molar-refractivity contribution in [2.45, 2.75) is 26.2 Å². The number of benzene rings is 1. The fraction of sp³-hybridized carbons (Fsp3) is 0.375. The molecule has 4 nitrogen and oxygen atoms in total. The SMILES string of the molecule is Cc1ccc2nc(CCC(=O)NCCCN)ccc2c1. The molecule has 0 spiro atoms. The van der Waals surface area contributed by atoms with Crippen LogP contribution in [0.1, 0.15) is 24.1 Å². The molecule has 1 aromatic carbocycles. The molecule has 0 aliphatic rings. The van der Waals surface area contributed by atoms with Gasteiger partial charge in [0.25, 0.3) is 0 Å². The van der Waals surface area contributed by atoms with Crippen molar-refractivity contribution >= 4 is 16.8 Å². The number of amides is 1. The number of pyridine rings is 1. The number of hydrogen-bond donors (Lipinski definition) is 2. The van der Waals surface area contributed by atoms with E-state index >= 15 is 0 Å². The lowest BCUT2D eigenvalue weighted by molar-refractivity contribution is -0.121. The van der Waals surface area contributed by atoms with Crippen LogP contribution in [0.2, 0.25) is 0 Å². The minimum atomic E-state index is 0.0595. The topological polar surface area (TPSA) is 68.0 Å². The van der Waals surface area contributed by atoms with Gasteiger partial charge < -0.3 is 11.1 Å². The lowest BCUT2D eigenvalue weighted by Gasteiger charge is -2.05.